The molecule has 3 aromatic rings. The highest BCUT2D eigenvalue weighted by molar-refractivity contribution is 5.89. The van der Waals surface area contributed by atoms with Crippen LogP contribution in [-0.4, -0.2) is 27.5 Å². The van der Waals surface area contributed by atoms with Crippen LogP contribution in [0.15, 0.2) is 34.9 Å². The van der Waals surface area contributed by atoms with Crippen LogP contribution in [0.1, 0.15) is 12.7 Å². The number of aryl methyl sites for hydroxylation is 1. The molecule has 0 aliphatic carbocycles. The Morgan fingerprint density at radius 1 is 1.23 bits per heavy atom. The normalized spacial score (nSPS) is 10.6. The Morgan fingerprint density at radius 2 is 2.09 bits per heavy atom. The van der Waals surface area contributed by atoms with Crippen LogP contribution in [0.25, 0.3) is 22.6 Å². The fourth-order valence-corrected chi connectivity index (χ4v) is 1.98. The number of carbonyl (C=O) groups excluding carboxylic acids is 1. The third-order valence-electron chi connectivity index (χ3n) is 2.98. The van der Waals surface area contributed by atoms with Crippen molar-refractivity contribution in [3.63, 3.8) is 0 Å². The quantitative estimate of drug-likeness (QED) is 0.775. The van der Waals surface area contributed by atoms with E-state index in [1.165, 1.54) is 0 Å². The fourth-order valence-electron chi connectivity index (χ4n) is 1.98. The highest BCUT2D eigenvalue weighted by Gasteiger charge is 2.09. The molecular weight excluding hydrogens is 282 g/mol. The zero-order valence-electron chi connectivity index (χ0n) is 12.3. The lowest BCUT2D eigenvalue weighted by molar-refractivity contribution is 0.252. The van der Waals surface area contributed by atoms with E-state index in [2.05, 4.69) is 25.6 Å². The Hall–Kier alpha value is -2.96. The molecule has 7 heteroatoms. The molecule has 0 radical (unpaired) electrons. The summed E-state index contributed by atoms with van der Waals surface area (Å²) in [5.74, 6) is 1.85. The smallest absolute Gasteiger partial charge is 0.320 e. The number of urea groups is 1. The summed E-state index contributed by atoms with van der Waals surface area (Å²) in [5.41, 5.74) is 1.69. The van der Waals surface area contributed by atoms with Gasteiger partial charge in [-0.3, -0.25) is 10.3 Å². The lowest BCUT2D eigenvalue weighted by Gasteiger charge is -2.06. The molecule has 2 amide bonds. The van der Waals surface area contributed by atoms with Crippen molar-refractivity contribution in [1.82, 2.24) is 20.3 Å². The first-order valence-electron chi connectivity index (χ1n) is 6.91. The van der Waals surface area contributed by atoms with Crippen LogP contribution < -0.4 is 10.6 Å². The predicted octanol–water partition coefficient (Wildman–Crippen LogP) is 2.73. The van der Waals surface area contributed by atoms with Crippen LogP contribution in [0.5, 0.6) is 0 Å². The Morgan fingerprint density at radius 3 is 2.82 bits per heavy atom. The molecule has 3 rings (SSSR count). The van der Waals surface area contributed by atoms with Gasteiger partial charge in [0.15, 0.2) is 11.4 Å². The van der Waals surface area contributed by atoms with Gasteiger partial charge >= 0.3 is 6.03 Å². The molecule has 7 nitrogen and oxygen atoms in total. The summed E-state index contributed by atoms with van der Waals surface area (Å²) < 4.78 is 5.54. The number of rotatable bonds is 3. The van der Waals surface area contributed by atoms with Crippen molar-refractivity contribution >= 4 is 23.0 Å². The Kier molecular flexibility index (Phi) is 3.69. The first-order valence-corrected chi connectivity index (χ1v) is 6.91. The minimum absolute atomic E-state index is 0.305. The standard InChI is InChI=1S/C15H15N5O2/c1-3-16-15(21)20-13-7-5-10-14(19-13)18-11(8-17-10)12-6-4-9(2)22-12/h4-8H,3H2,1-2H3,(H2,16,18,19,20,21). The third kappa shape index (κ3) is 2.88. The molecule has 0 unspecified atom stereocenters. The average Bonchev–Trinajstić information content (AvgIpc) is 2.93. The van der Waals surface area contributed by atoms with Crippen molar-refractivity contribution in [2.75, 3.05) is 11.9 Å². The van der Waals surface area contributed by atoms with E-state index < -0.39 is 0 Å². The molecule has 0 aliphatic rings. The van der Waals surface area contributed by atoms with Crippen LogP contribution in [0.3, 0.4) is 0 Å². The van der Waals surface area contributed by atoms with E-state index in [9.17, 15) is 4.79 Å². The van der Waals surface area contributed by atoms with Gasteiger partial charge in [0.1, 0.15) is 22.8 Å². The van der Waals surface area contributed by atoms with Crippen LogP contribution in [0.4, 0.5) is 10.6 Å². The monoisotopic (exact) mass is 297 g/mol. The van der Waals surface area contributed by atoms with Crippen molar-refractivity contribution < 1.29 is 9.21 Å². The van der Waals surface area contributed by atoms with Crippen molar-refractivity contribution in [3.05, 3.63) is 36.2 Å². The number of hydrogen-bond acceptors (Lipinski definition) is 5. The molecule has 0 bridgehead atoms. The largest absolute Gasteiger partial charge is 0.460 e. The molecule has 0 aromatic carbocycles. The van der Waals surface area contributed by atoms with Gasteiger partial charge in [-0.05, 0) is 38.1 Å². The minimum Gasteiger partial charge on any atom is -0.460 e. The topological polar surface area (TPSA) is 92.9 Å². The van der Waals surface area contributed by atoms with E-state index >= 15 is 0 Å². The van der Waals surface area contributed by atoms with E-state index in [0.717, 1.165) is 5.76 Å². The van der Waals surface area contributed by atoms with Crippen molar-refractivity contribution in [2.24, 2.45) is 0 Å². The molecule has 112 valence electrons. The molecule has 0 fully saturated rings. The number of amides is 2. The highest BCUT2D eigenvalue weighted by atomic mass is 16.3. The highest BCUT2D eigenvalue weighted by Crippen LogP contribution is 2.21. The fraction of sp³-hybridized carbons (Fsp3) is 0.200. The second-order valence-corrected chi connectivity index (χ2v) is 4.69. The Labute approximate surface area is 126 Å². The van der Waals surface area contributed by atoms with Gasteiger partial charge in [-0.2, -0.15) is 0 Å². The van der Waals surface area contributed by atoms with Gasteiger partial charge in [0.2, 0.25) is 0 Å². The van der Waals surface area contributed by atoms with Gasteiger partial charge in [-0.25, -0.2) is 14.8 Å². The molecule has 0 saturated heterocycles. The van der Waals surface area contributed by atoms with Crippen LogP contribution >= 0.6 is 0 Å². The molecule has 0 aliphatic heterocycles. The second kappa shape index (κ2) is 5.80. The summed E-state index contributed by atoms with van der Waals surface area (Å²) in [6, 6.07) is 6.83. The number of anilines is 1. The number of carbonyl (C=O) groups is 1. The summed E-state index contributed by atoms with van der Waals surface area (Å²) in [6.45, 7) is 4.25. The minimum atomic E-state index is -0.305. The summed E-state index contributed by atoms with van der Waals surface area (Å²) in [6.07, 6.45) is 1.64. The number of nitrogens with one attached hydrogen (secondary N) is 2. The molecule has 0 atom stereocenters. The zero-order valence-corrected chi connectivity index (χ0v) is 12.3. The second-order valence-electron chi connectivity index (χ2n) is 4.69. The molecule has 3 heterocycles. The Balaban J connectivity index is 1.94. The summed E-state index contributed by atoms with van der Waals surface area (Å²) in [4.78, 5) is 24.6. The van der Waals surface area contributed by atoms with Crippen LogP contribution in [0, 0.1) is 6.92 Å². The molecule has 0 spiro atoms. The molecule has 0 saturated carbocycles. The molecule has 3 aromatic heterocycles. The van der Waals surface area contributed by atoms with E-state index in [4.69, 9.17) is 4.42 Å². The van der Waals surface area contributed by atoms with Crippen LogP contribution in [-0.2, 0) is 0 Å². The molecule has 22 heavy (non-hydrogen) atoms. The summed E-state index contributed by atoms with van der Waals surface area (Å²) in [5, 5.41) is 5.29. The van der Waals surface area contributed by atoms with E-state index in [1.807, 2.05) is 26.0 Å². The maximum atomic E-state index is 11.5. The number of nitrogens with zero attached hydrogens (tertiary/aromatic N) is 3. The van der Waals surface area contributed by atoms with Crippen molar-refractivity contribution in [3.8, 4) is 11.5 Å². The predicted molar refractivity (Wildman–Crippen MR) is 82.5 cm³/mol. The van der Waals surface area contributed by atoms with Crippen molar-refractivity contribution in [2.45, 2.75) is 13.8 Å². The van der Waals surface area contributed by atoms with E-state index in [-0.39, 0.29) is 6.03 Å². The van der Waals surface area contributed by atoms with E-state index in [1.54, 1.807) is 18.3 Å². The molecular formula is C15H15N5O2. The third-order valence-corrected chi connectivity index (χ3v) is 2.98. The number of furan rings is 1. The zero-order chi connectivity index (χ0) is 15.5. The maximum Gasteiger partial charge on any atom is 0.320 e. The maximum absolute atomic E-state index is 11.5. The first kappa shape index (κ1) is 14.0. The van der Waals surface area contributed by atoms with E-state index in [0.29, 0.717) is 35.0 Å². The average molecular weight is 297 g/mol. The lowest BCUT2D eigenvalue weighted by atomic mass is 10.3. The summed E-state index contributed by atoms with van der Waals surface area (Å²) >= 11 is 0. The van der Waals surface area contributed by atoms with Gasteiger partial charge < -0.3 is 9.73 Å². The van der Waals surface area contributed by atoms with Gasteiger partial charge in [0, 0.05) is 6.54 Å². The SMILES string of the molecule is CCNC(=O)Nc1ccc2ncc(-c3ccc(C)o3)nc2n1. The number of pyridine rings is 1. The number of hydrogen-bond donors (Lipinski definition) is 2. The van der Waals surface area contributed by atoms with Gasteiger partial charge in [0.25, 0.3) is 0 Å². The summed E-state index contributed by atoms with van der Waals surface area (Å²) in [7, 11) is 0. The van der Waals surface area contributed by atoms with Gasteiger partial charge in [-0.15, -0.1) is 0 Å². The lowest BCUT2D eigenvalue weighted by Crippen LogP contribution is -2.28. The van der Waals surface area contributed by atoms with Crippen LogP contribution in [0.2, 0.25) is 0 Å². The van der Waals surface area contributed by atoms with Gasteiger partial charge in [0.05, 0.1) is 6.20 Å². The first-order chi connectivity index (χ1) is 10.7. The van der Waals surface area contributed by atoms with Crippen molar-refractivity contribution in [1.29, 1.82) is 0 Å². The molecule has 2 N–H and O–H groups in total. The Bertz CT molecular complexity index is 828. The number of aromatic nitrogens is 3. The number of fused-ring (bicyclic) bond motifs is 1. The van der Waals surface area contributed by atoms with Gasteiger partial charge in [-0.1, -0.05) is 0 Å².